The summed E-state index contributed by atoms with van der Waals surface area (Å²) >= 11 is 0. The Morgan fingerprint density at radius 2 is 1.56 bits per heavy atom. The molecule has 3 aromatic carbocycles. The van der Waals surface area contributed by atoms with Crippen LogP contribution in [0.5, 0.6) is 11.5 Å². The third-order valence-corrected chi connectivity index (χ3v) is 6.71. The lowest BCUT2D eigenvalue weighted by molar-refractivity contribution is -0.166. The number of carbonyl (C=O) groups excluding carboxylic acids is 1. The quantitative estimate of drug-likeness (QED) is 0.195. The predicted molar refractivity (Wildman–Crippen MR) is 157 cm³/mol. The number of fused-ring (bicyclic) bond motifs is 1. The highest BCUT2D eigenvalue weighted by Crippen LogP contribution is 2.40. The molecule has 0 spiro atoms. The fraction of sp³-hybridized carbons (Fsp3) is 0.242. The van der Waals surface area contributed by atoms with Crippen molar-refractivity contribution < 1.29 is 33.3 Å². The molecule has 0 aliphatic rings. The molecule has 0 saturated heterocycles. The lowest BCUT2D eigenvalue weighted by Crippen LogP contribution is -2.30. The molecule has 10 heteroatoms. The van der Waals surface area contributed by atoms with Gasteiger partial charge in [0.05, 0.1) is 23.6 Å². The second-order valence-electron chi connectivity index (χ2n) is 11.0. The smallest absolute Gasteiger partial charge is 0.340 e. The number of esters is 1. The number of aryl methyl sites for hydroxylation is 1. The van der Waals surface area contributed by atoms with Gasteiger partial charge in [0.15, 0.2) is 11.8 Å². The number of phenolic OH excluding ortho intramolecular Hbond substituents is 2. The minimum Gasteiger partial charge on any atom is -0.507 e. The van der Waals surface area contributed by atoms with Gasteiger partial charge in [0.25, 0.3) is 0 Å². The maximum atomic E-state index is 14.1. The Hall–Kier alpha value is -4.83. The molecular formula is C33H31F2N3O5. The number of nitrogens with zero attached hydrogens (tertiary/aromatic N) is 3. The first-order valence-electron chi connectivity index (χ1n) is 13.7. The van der Waals surface area contributed by atoms with Crippen molar-refractivity contribution in [3.8, 4) is 45.1 Å². The lowest BCUT2D eigenvalue weighted by Gasteiger charge is -2.28. The summed E-state index contributed by atoms with van der Waals surface area (Å²) in [6.07, 6.45) is -1.24. The normalized spacial score (nSPS) is 12.4. The van der Waals surface area contributed by atoms with E-state index in [1.165, 1.54) is 28.8 Å². The van der Waals surface area contributed by atoms with Crippen LogP contribution in [0.2, 0.25) is 0 Å². The molecule has 222 valence electrons. The molecule has 0 bridgehead atoms. The lowest BCUT2D eigenvalue weighted by atomic mass is 9.98. The summed E-state index contributed by atoms with van der Waals surface area (Å²) in [5, 5.41) is 26.0. The summed E-state index contributed by atoms with van der Waals surface area (Å²) in [6, 6.07) is 16.3. The van der Waals surface area contributed by atoms with E-state index >= 15 is 0 Å². The Kier molecular flexibility index (Phi) is 7.90. The summed E-state index contributed by atoms with van der Waals surface area (Å²) in [5.74, 6) is -2.41. The number of aromatic nitrogens is 3. The molecule has 43 heavy (non-hydrogen) atoms. The molecule has 8 nitrogen and oxygen atoms in total. The number of rotatable bonds is 7. The van der Waals surface area contributed by atoms with E-state index < -0.39 is 29.3 Å². The molecule has 5 aromatic rings. The molecule has 0 amide bonds. The molecule has 0 saturated carbocycles. The largest absolute Gasteiger partial charge is 0.507 e. The maximum Gasteiger partial charge on any atom is 0.340 e. The Balaban J connectivity index is 1.77. The van der Waals surface area contributed by atoms with Crippen LogP contribution in [0.3, 0.4) is 0 Å². The van der Waals surface area contributed by atoms with Crippen LogP contribution in [0.4, 0.5) is 8.78 Å². The third kappa shape index (κ3) is 6.05. The first-order chi connectivity index (χ1) is 20.4. The van der Waals surface area contributed by atoms with E-state index in [0.717, 1.165) is 12.1 Å². The summed E-state index contributed by atoms with van der Waals surface area (Å²) < 4.78 is 40.7. The van der Waals surface area contributed by atoms with Gasteiger partial charge in [-0.25, -0.2) is 23.1 Å². The number of hydrogen-bond acceptors (Lipinski definition) is 7. The van der Waals surface area contributed by atoms with Crippen LogP contribution in [-0.4, -0.2) is 43.0 Å². The van der Waals surface area contributed by atoms with Gasteiger partial charge in [-0.15, -0.1) is 0 Å². The highest BCUT2D eigenvalue weighted by molar-refractivity contribution is 5.84. The Bertz CT molecular complexity index is 1850. The molecule has 2 aromatic heterocycles. The molecule has 0 unspecified atom stereocenters. The van der Waals surface area contributed by atoms with E-state index in [-0.39, 0.29) is 29.4 Å². The van der Waals surface area contributed by atoms with Gasteiger partial charge in [-0.3, -0.25) is 0 Å². The maximum absolute atomic E-state index is 14.1. The summed E-state index contributed by atoms with van der Waals surface area (Å²) in [7, 11) is 0. The van der Waals surface area contributed by atoms with Gasteiger partial charge >= 0.3 is 5.97 Å². The number of benzene rings is 3. The molecule has 2 N–H and O–H groups in total. The van der Waals surface area contributed by atoms with Gasteiger partial charge in [-0.05, 0) is 70.5 Å². The number of halogens is 2. The Labute approximate surface area is 247 Å². The van der Waals surface area contributed by atoms with E-state index in [1.54, 1.807) is 58.9 Å². The fourth-order valence-electron chi connectivity index (χ4n) is 4.94. The van der Waals surface area contributed by atoms with E-state index in [2.05, 4.69) is 0 Å². The Morgan fingerprint density at radius 1 is 0.930 bits per heavy atom. The highest BCUT2D eigenvalue weighted by atomic mass is 19.1. The summed E-state index contributed by atoms with van der Waals surface area (Å²) in [4.78, 5) is 18.0. The van der Waals surface area contributed by atoms with Crippen LogP contribution >= 0.6 is 0 Å². The van der Waals surface area contributed by atoms with Crippen LogP contribution < -0.4 is 0 Å². The van der Waals surface area contributed by atoms with Crippen LogP contribution in [0.15, 0.2) is 66.7 Å². The van der Waals surface area contributed by atoms with Gasteiger partial charge in [0.1, 0.15) is 23.1 Å². The average molecular weight is 588 g/mol. The second-order valence-corrected chi connectivity index (χ2v) is 11.0. The summed E-state index contributed by atoms with van der Waals surface area (Å²) in [6.45, 7) is 8.91. The number of carbonyl (C=O) groups is 1. The SMILES string of the molecule is CCOC(=O)[C@@H](OC(C)(C)C)c1c(C)nc2cc(-c3cccc(-c4ccc(F)cc4O)c3)nn2c1-c1ccc(F)cc1O. The van der Waals surface area contributed by atoms with Crippen LogP contribution in [-0.2, 0) is 14.3 Å². The molecule has 2 heterocycles. The number of phenols is 2. The molecule has 5 rings (SSSR count). The first kappa shape index (κ1) is 29.7. The highest BCUT2D eigenvalue weighted by Gasteiger charge is 2.35. The monoisotopic (exact) mass is 587 g/mol. The van der Waals surface area contributed by atoms with E-state index in [0.29, 0.717) is 39.3 Å². The fourth-order valence-corrected chi connectivity index (χ4v) is 4.94. The van der Waals surface area contributed by atoms with Crippen molar-refractivity contribution >= 4 is 11.6 Å². The van der Waals surface area contributed by atoms with Crippen LogP contribution in [0, 0.1) is 18.6 Å². The number of ether oxygens (including phenoxy) is 2. The molecule has 1 atom stereocenters. The molecule has 0 aliphatic carbocycles. The standard InChI is InChI=1S/C33H31F2N3O5/c1-6-42-32(41)31(43-33(3,4)5)29-18(2)36-28-17-25(37-38(28)30(29)24-13-11-22(35)16-27(24)40)20-9-7-8-19(14-20)23-12-10-21(34)15-26(23)39/h7-17,31,39-40H,6H2,1-5H3/t31-/m0/s1. The van der Waals surface area contributed by atoms with Crippen molar-refractivity contribution in [2.45, 2.75) is 46.3 Å². The van der Waals surface area contributed by atoms with E-state index in [9.17, 15) is 23.8 Å². The zero-order chi connectivity index (χ0) is 31.1. The van der Waals surface area contributed by atoms with Crippen molar-refractivity contribution in [1.82, 2.24) is 14.6 Å². The van der Waals surface area contributed by atoms with E-state index in [1.807, 2.05) is 6.07 Å². The molecular weight excluding hydrogens is 556 g/mol. The van der Waals surface area contributed by atoms with Gasteiger partial charge in [0.2, 0.25) is 0 Å². The zero-order valence-electron chi connectivity index (χ0n) is 24.4. The topological polar surface area (TPSA) is 106 Å². The van der Waals surface area contributed by atoms with Crippen molar-refractivity contribution in [2.24, 2.45) is 0 Å². The molecule has 0 aliphatic heterocycles. The van der Waals surface area contributed by atoms with Crippen molar-refractivity contribution in [1.29, 1.82) is 0 Å². The van der Waals surface area contributed by atoms with Crippen LogP contribution in [0.1, 0.15) is 45.1 Å². The zero-order valence-corrected chi connectivity index (χ0v) is 24.4. The van der Waals surface area contributed by atoms with Crippen molar-refractivity contribution in [3.63, 3.8) is 0 Å². The average Bonchev–Trinajstić information content (AvgIpc) is 3.35. The van der Waals surface area contributed by atoms with Gasteiger partial charge in [0, 0.05) is 46.1 Å². The van der Waals surface area contributed by atoms with E-state index in [4.69, 9.17) is 19.6 Å². The van der Waals surface area contributed by atoms with Gasteiger partial charge in [-0.2, -0.15) is 5.10 Å². The number of hydrogen-bond donors (Lipinski definition) is 2. The Morgan fingerprint density at radius 3 is 2.16 bits per heavy atom. The van der Waals surface area contributed by atoms with Crippen LogP contribution in [0.25, 0.3) is 39.3 Å². The molecule has 0 fully saturated rings. The number of aromatic hydroxyl groups is 2. The van der Waals surface area contributed by atoms with Gasteiger partial charge in [-0.1, -0.05) is 18.2 Å². The minimum absolute atomic E-state index is 0.112. The van der Waals surface area contributed by atoms with Crippen molar-refractivity contribution in [3.05, 3.63) is 89.6 Å². The first-order valence-corrected chi connectivity index (χ1v) is 13.7. The molecule has 0 radical (unpaired) electrons. The second kappa shape index (κ2) is 11.4. The van der Waals surface area contributed by atoms with Crippen molar-refractivity contribution in [2.75, 3.05) is 6.61 Å². The summed E-state index contributed by atoms with van der Waals surface area (Å²) in [5.41, 5.74) is 3.05. The third-order valence-electron chi connectivity index (χ3n) is 6.71. The van der Waals surface area contributed by atoms with Gasteiger partial charge < -0.3 is 19.7 Å². The predicted octanol–water partition coefficient (Wildman–Crippen LogP) is 7.15. The minimum atomic E-state index is -1.24.